The van der Waals surface area contributed by atoms with Crippen molar-refractivity contribution in [3.8, 4) is 0 Å². The number of nitrogens with two attached hydrogens (primary N) is 1. The maximum atomic E-state index is 11.0. The van der Waals surface area contributed by atoms with Crippen LogP contribution in [0, 0.1) is 0 Å². The van der Waals surface area contributed by atoms with Crippen LogP contribution in [0.4, 0.5) is 0 Å². The Hall–Kier alpha value is -0.900. The lowest BCUT2D eigenvalue weighted by atomic mass is 10.3. The van der Waals surface area contributed by atoms with Crippen LogP contribution in [0.25, 0.3) is 0 Å². The molecule has 1 amide bonds. The van der Waals surface area contributed by atoms with Gasteiger partial charge in [-0.3, -0.25) is 4.79 Å². The Kier molecular flexibility index (Phi) is 4.45. The van der Waals surface area contributed by atoms with E-state index in [2.05, 4.69) is 0 Å². The highest BCUT2D eigenvalue weighted by atomic mass is 16.2. The second-order valence-electron chi connectivity index (χ2n) is 2.26. The third-order valence-corrected chi connectivity index (χ3v) is 1.52. The second-order valence-corrected chi connectivity index (χ2v) is 2.26. The van der Waals surface area contributed by atoms with Gasteiger partial charge >= 0.3 is 0 Å². The minimum atomic E-state index is -0.365. The molecule has 0 bridgehead atoms. The summed E-state index contributed by atoms with van der Waals surface area (Å²) in [5.41, 5.74) is 5.13. The van der Waals surface area contributed by atoms with E-state index in [1.54, 1.807) is 6.92 Å². The first-order valence-electron chi connectivity index (χ1n) is 3.62. The van der Waals surface area contributed by atoms with E-state index in [0.717, 1.165) is 6.29 Å². The maximum Gasteiger partial charge on any atom is 0.236 e. The molecule has 0 aromatic carbocycles. The standard InChI is InChI=1S/C7H14N2O2/c1-3-9(6(2)5-10)7(11)4-8/h5-6H,3-4,8H2,1-2H3/t6-/m0/s1. The molecule has 0 saturated carbocycles. The second kappa shape index (κ2) is 4.85. The molecule has 0 unspecified atom stereocenters. The molecule has 64 valence electrons. The Morgan fingerprint density at radius 3 is 2.55 bits per heavy atom. The van der Waals surface area contributed by atoms with Crippen molar-refractivity contribution in [2.75, 3.05) is 13.1 Å². The Bertz CT molecular complexity index is 147. The number of nitrogens with zero attached hydrogens (tertiary/aromatic N) is 1. The van der Waals surface area contributed by atoms with Crippen molar-refractivity contribution in [2.45, 2.75) is 19.9 Å². The highest BCUT2D eigenvalue weighted by Gasteiger charge is 2.15. The highest BCUT2D eigenvalue weighted by Crippen LogP contribution is 1.94. The summed E-state index contributed by atoms with van der Waals surface area (Å²) in [5.74, 6) is -0.188. The summed E-state index contributed by atoms with van der Waals surface area (Å²) in [7, 11) is 0. The van der Waals surface area contributed by atoms with Gasteiger partial charge in [0.05, 0.1) is 12.6 Å². The molecule has 0 saturated heterocycles. The summed E-state index contributed by atoms with van der Waals surface area (Å²) in [4.78, 5) is 22.7. The van der Waals surface area contributed by atoms with E-state index >= 15 is 0 Å². The average Bonchev–Trinajstić information content (AvgIpc) is 2.05. The lowest BCUT2D eigenvalue weighted by molar-refractivity contribution is -0.134. The molecular weight excluding hydrogens is 144 g/mol. The topological polar surface area (TPSA) is 63.4 Å². The van der Waals surface area contributed by atoms with Crippen LogP contribution in [0.3, 0.4) is 0 Å². The van der Waals surface area contributed by atoms with Crippen molar-refractivity contribution in [1.29, 1.82) is 0 Å². The van der Waals surface area contributed by atoms with Gasteiger partial charge in [0.1, 0.15) is 6.29 Å². The molecule has 0 heterocycles. The van der Waals surface area contributed by atoms with Gasteiger partial charge in [-0.25, -0.2) is 0 Å². The molecule has 0 aliphatic carbocycles. The Labute approximate surface area is 66.4 Å². The smallest absolute Gasteiger partial charge is 0.236 e. The molecule has 4 nitrogen and oxygen atoms in total. The predicted octanol–water partition coefficient (Wildman–Crippen LogP) is -0.619. The fourth-order valence-corrected chi connectivity index (χ4v) is 0.882. The molecule has 0 aromatic heterocycles. The van der Waals surface area contributed by atoms with E-state index in [0.29, 0.717) is 6.54 Å². The van der Waals surface area contributed by atoms with Gasteiger partial charge in [-0.05, 0) is 13.8 Å². The number of amides is 1. The fraction of sp³-hybridized carbons (Fsp3) is 0.714. The first-order chi connectivity index (χ1) is 5.17. The average molecular weight is 158 g/mol. The van der Waals surface area contributed by atoms with Crippen LogP contribution in [0.15, 0.2) is 0 Å². The molecule has 0 aliphatic rings. The van der Waals surface area contributed by atoms with Crippen molar-refractivity contribution in [3.63, 3.8) is 0 Å². The number of carbonyl (C=O) groups excluding carboxylic acids is 2. The molecule has 0 aliphatic heterocycles. The minimum absolute atomic E-state index is 0.0357. The van der Waals surface area contributed by atoms with Gasteiger partial charge in [0.2, 0.25) is 5.91 Å². The molecule has 0 spiro atoms. The highest BCUT2D eigenvalue weighted by molar-refractivity contribution is 5.81. The van der Waals surface area contributed by atoms with Crippen molar-refractivity contribution >= 4 is 12.2 Å². The monoisotopic (exact) mass is 158 g/mol. The zero-order valence-electron chi connectivity index (χ0n) is 6.91. The Morgan fingerprint density at radius 2 is 2.27 bits per heavy atom. The minimum Gasteiger partial charge on any atom is -0.332 e. The number of rotatable bonds is 4. The summed E-state index contributed by atoms with van der Waals surface area (Å²) in [6, 6.07) is -0.365. The maximum absolute atomic E-state index is 11.0. The zero-order valence-corrected chi connectivity index (χ0v) is 6.91. The van der Waals surface area contributed by atoms with Gasteiger partial charge < -0.3 is 15.4 Å². The Morgan fingerprint density at radius 1 is 1.73 bits per heavy atom. The van der Waals surface area contributed by atoms with Crippen LogP contribution in [0.1, 0.15) is 13.8 Å². The summed E-state index contributed by atoms with van der Waals surface area (Å²) < 4.78 is 0. The van der Waals surface area contributed by atoms with Crippen LogP contribution in [0.5, 0.6) is 0 Å². The number of hydrogen-bond acceptors (Lipinski definition) is 3. The van der Waals surface area contributed by atoms with Gasteiger partial charge in [0, 0.05) is 6.54 Å². The molecule has 11 heavy (non-hydrogen) atoms. The van der Waals surface area contributed by atoms with E-state index in [4.69, 9.17) is 5.73 Å². The number of likely N-dealkylation sites (N-methyl/N-ethyl adjacent to an activating group) is 1. The number of carbonyl (C=O) groups is 2. The van der Waals surface area contributed by atoms with Crippen LogP contribution in [0.2, 0.25) is 0 Å². The van der Waals surface area contributed by atoms with E-state index in [1.165, 1.54) is 4.90 Å². The Balaban J connectivity index is 4.14. The van der Waals surface area contributed by atoms with Crippen LogP contribution < -0.4 is 5.73 Å². The van der Waals surface area contributed by atoms with E-state index < -0.39 is 0 Å². The first-order valence-corrected chi connectivity index (χ1v) is 3.62. The molecule has 0 rings (SSSR count). The molecule has 4 heteroatoms. The first kappa shape index (κ1) is 10.1. The lowest BCUT2D eigenvalue weighted by Crippen LogP contribution is -2.42. The molecule has 0 aromatic rings. The van der Waals surface area contributed by atoms with E-state index in [1.807, 2.05) is 6.92 Å². The number of hydrogen-bond donors (Lipinski definition) is 1. The van der Waals surface area contributed by atoms with E-state index in [9.17, 15) is 9.59 Å². The molecule has 1 atom stereocenters. The summed E-state index contributed by atoms with van der Waals surface area (Å²) in [6.07, 6.45) is 0.733. The molecule has 0 fully saturated rings. The van der Waals surface area contributed by atoms with Crippen molar-refractivity contribution in [2.24, 2.45) is 5.73 Å². The van der Waals surface area contributed by atoms with Gasteiger partial charge in [-0.15, -0.1) is 0 Å². The summed E-state index contributed by atoms with van der Waals surface area (Å²) in [5, 5.41) is 0. The van der Waals surface area contributed by atoms with Crippen LogP contribution >= 0.6 is 0 Å². The van der Waals surface area contributed by atoms with Crippen LogP contribution in [-0.4, -0.2) is 36.2 Å². The SMILES string of the molecule is CCN(C(=O)CN)[C@@H](C)C=O. The fourth-order valence-electron chi connectivity index (χ4n) is 0.882. The van der Waals surface area contributed by atoms with Gasteiger partial charge in [-0.2, -0.15) is 0 Å². The molecular formula is C7H14N2O2. The van der Waals surface area contributed by atoms with E-state index in [-0.39, 0.29) is 18.5 Å². The lowest BCUT2D eigenvalue weighted by Gasteiger charge is -2.22. The summed E-state index contributed by atoms with van der Waals surface area (Å²) in [6.45, 7) is 3.97. The molecule has 0 radical (unpaired) electrons. The van der Waals surface area contributed by atoms with Gasteiger partial charge in [-0.1, -0.05) is 0 Å². The van der Waals surface area contributed by atoms with Crippen LogP contribution in [-0.2, 0) is 9.59 Å². The largest absolute Gasteiger partial charge is 0.332 e. The normalized spacial score (nSPS) is 12.3. The third kappa shape index (κ3) is 2.67. The van der Waals surface area contributed by atoms with Crippen molar-refractivity contribution < 1.29 is 9.59 Å². The van der Waals surface area contributed by atoms with Gasteiger partial charge in [0.25, 0.3) is 0 Å². The quantitative estimate of drug-likeness (QED) is 0.555. The number of aldehydes is 1. The zero-order chi connectivity index (χ0) is 8.85. The van der Waals surface area contributed by atoms with Gasteiger partial charge in [0.15, 0.2) is 0 Å². The predicted molar refractivity (Wildman–Crippen MR) is 42.0 cm³/mol. The van der Waals surface area contributed by atoms with Crippen molar-refractivity contribution in [3.05, 3.63) is 0 Å². The summed E-state index contributed by atoms with van der Waals surface area (Å²) >= 11 is 0. The van der Waals surface area contributed by atoms with Crippen molar-refractivity contribution in [1.82, 2.24) is 4.90 Å². The third-order valence-electron chi connectivity index (χ3n) is 1.52. The molecule has 2 N–H and O–H groups in total.